The Morgan fingerprint density at radius 2 is 1.44 bits per heavy atom. The van der Waals surface area contributed by atoms with E-state index in [1.54, 1.807) is 0 Å². The molecule has 0 spiro atoms. The standard InChI is InChI=1S/C6H14N3/c7-4-1-5(8)3-6(9)2-4/h1,4-6H,2-3,7-9H2. The van der Waals surface area contributed by atoms with Crippen LogP contribution in [0.1, 0.15) is 12.8 Å². The molecule has 6 N–H and O–H groups in total. The molecule has 1 fully saturated rings. The molecule has 1 radical (unpaired) electrons. The highest BCUT2D eigenvalue weighted by Gasteiger charge is 2.21. The minimum atomic E-state index is 0.115. The van der Waals surface area contributed by atoms with Crippen LogP contribution < -0.4 is 17.2 Å². The Bertz CT molecular complexity index is 69.3. The maximum absolute atomic E-state index is 5.64. The van der Waals surface area contributed by atoms with Crippen LogP contribution in [-0.2, 0) is 0 Å². The van der Waals surface area contributed by atoms with Gasteiger partial charge in [0, 0.05) is 18.1 Å². The zero-order valence-corrected chi connectivity index (χ0v) is 5.46. The Kier molecular flexibility index (Phi) is 2.05. The van der Waals surface area contributed by atoms with Crippen molar-refractivity contribution in [3.8, 4) is 0 Å². The fourth-order valence-corrected chi connectivity index (χ4v) is 1.27. The third-order valence-electron chi connectivity index (χ3n) is 1.64. The van der Waals surface area contributed by atoms with E-state index in [0.717, 1.165) is 12.8 Å². The smallest absolute Gasteiger partial charge is 0.0100 e. The van der Waals surface area contributed by atoms with Gasteiger partial charge in [0.2, 0.25) is 0 Å². The molecule has 2 unspecified atom stereocenters. The van der Waals surface area contributed by atoms with E-state index < -0.39 is 0 Å². The molecule has 2 atom stereocenters. The van der Waals surface area contributed by atoms with Gasteiger partial charge < -0.3 is 17.2 Å². The fourth-order valence-electron chi connectivity index (χ4n) is 1.27. The van der Waals surface area contributed by atoms with Crippen molar-refractivity contribution < 1.29 is 0 Å². The monoisotopic (exact) mass is 128 g/mol. The lowest BCUT2D eigenvalue weighted by Crippen LogP contribution is -2.45. The van der Waals surface area contributed by atoms with Gasteiger partial charge in [-0.05, 0) is 19.3 Å². The van der Waals surface area contributed by atoms with Crippen LogP contribution in [0.15, 0.2) is 0 Å². The summed E-state index contributed by atoms with van der Waals surface area (Å²) in [6.45, 7) is 0. The molecule has 1 rings (SSSR count). The zero-order chi connectivity index (χ0) is 6.85. The van der Waals surface area contributed by atoms with Gasteiger partial charge in [0.15, 0.2) is 0 Å². The topological polar surface area (TPSA) is 78.1 Å². The number of nitrogens with two attached hydrogens (primary N) is 3. The quantitative estimate of drug-likeness (QED) is 0.390. The summed E-state index contributed by atoms with van der Waals surface area (Å²) in [6.07, 6.45) is 3.73. The molecule has 0 bridgehead atoms. The molecule has 0 aromatic heterocycles. The van der Waals surface area contributed by atoms with Gasteiger partial charge in [-0.3, -0.25) is 0 Å². The van der Waals surface area contributed by atoms with Crippen molar-refractivity contribution in [1.82, 2.24) is 0 Å². The van der Waals surface area contributed by atoms with Crippen LogP contribution >= 0.6 is 0 Å². The summed E-state index contributed by atoms with van der Waals surface area (Å²) in [5, 5.41) is 0. The van der Waals surface area contributed by atoms with Gasteiger partial charge in [-0.15, -0.1) is 0 Å². The molecule has 0 heterocycles. The number of hydrogen-bond acceptors (Lipinski definition) is 3. The molecule has 0 aliphatic heterocycles. The van der Waals surface area contributed by atoms with E-state index in [0.29, 0.717) is 0 Å². The summed E-state index contributed by atoms with van der Waals surface area (Å²) in [7, 11) is 0. The number of rotatable bonds is 0. The van der Waals surface area contributed by atoms with Gasteiger partial charge in [-0.1, -0.05) is 0 Å². The highest BCUT2D eigenvalue weighted by molar-refractivity contribution is 4.98. The number of hydrogen-bond donors (Lipinski definition) is 3. The normalized spacial score (nSPS) is 45.0. The summed E-state index contributed by atoms with van der Waals surface area (Å²) in [6, 6.07) is 0.437. The second kappa shape index (κ2) is 2.64. The zero-order valence-electron chi connectivity index (χ0n) is 5.46. The van der Waals surface area contributed by atoms with Crippen LogP contribution in [0.25, 0.3) is 0 Å². The molecule has 53 valence electrons. The maximum Gasteiger partial charge on any atom is 0.0100 e. The van der Waals surface area contributed by atoms with E-state index in [1.807, 2.05) is 6.42 Å². The Morgan fingerprint density at radius 3 is 1.78 bits per heavy atom. The van der Waals surface area contributed by atoms with Crippen LogP contribution in [0.5, 0.6) is 0 Å². The van der Waals surface area contributed by atoms with Crippen LogP contribution in [0.4, 0.5) is 0 Å². The highest BCUT2D eigenvalue weighted by Crippen LogP contribution is 2.12. The van der Waals surface area contributed by atoms with Crippen LogP contribution in [0.3, 0.4) is 0 Å². The second-order valence-corrected chi connectivity index (χ2v) is 2.75. The van der Waals surface area contributed by atoms with Crippen molar-refractivity contribution in [2.24, 2.45) is 17.2 Å². The molecule has 1 aliphatic rings. The molecule has 1 saturated carbocycles. The highest BCUT2D eigenvalue weighted by atomic mass is 14.8. The molecule has 0 amide bonds. The van der Waals surface area contributed by atoms with Gasteiger partial charge in [0.05, 0.1) is 0 Å². The molecule has 0 aromatic carbocycles. The van der Waals surface area contributed by atoms with Gasteiger partial charge in [-0.25, -0.2) is 0 Å². The molecule has 0 aromatic rings. The van der Waals surface area contributed by atoms with Crippen LogP contribution in [0, 0.1) is 6.42 Å². The first-order chi connectivity index (χ1) is 4.18. The Morgan fingerprint density at radius 1 is 1.00 bits per heavy atom. The molecule has 0 saturated heterocycles. The van der Waals surface area contributed by atoms with Gasteiger partial charge in [0.25, 0.3) is 0 Å². The van der Waals surface area contributed by atoms with Gasteiger partial charge in [-0.2, -0.15) is 0 Å². The first-order valence-electron chi connectivity index (χ1n) is 3.30. The van der Waals surface area contributed by atoms with Gasteiger partial charge in [0.1, 0.15) is 0 Å². The van der Waals surface area contributed by atoms with E-state index in [1.165, 1.54) is 0 Å². The lowest BCUT2D eigenvalue weighted by molar-refractivity contribution is 0.424. The third-order valence-corrected chi connectivity index (χ3v) is 1.64. The Balaban J connectivity index is 2.34. The molecule has 1 aliphatic carbocycles. The summed E-state index contributed by atoms with van der Waals surface area (Å²) in [5.41, 5.74) is 16.8. The van der Waals surface area contributed by atoms with E-state index in [2.05, 4.69) is 0 Å². The van der Waals surface area contributed by atoms with Crippen molar-refractivity contribution in [2.75, 3.05) is 0 Å². The SMILES string of the molecule is NC1[CH]C(N)CC(N)C1. The summed E-state index contributed by atoms with van der Waals surface area (Å²) >= 11 is 0. The first-order valence-corrected chi connectivity index (χ1v) is 3.30. The largest absolute Gasteiger partial charge is 0.328 e. The maximum atomic E-state index is 5.64. The average molecular weight is 128 g/mol. The van der Waals surface area contributed by atoms with Crippen LogP contribution in [-0.4, -0.2) is 18.1 Å². The fraction of sp³-hybridized carbons (Fsp3) is 0.833. The lowest BCUT2D eigenvalue weighted by atomic mass is 9.89. The van der Waals surface area contributed by atoms with Crippen molar-refractivity contribution in [3.05, 3.63) is 6.42 Å². The lowest BCUT2D eigenvalue weighted by Gasteiger charge is -2.27. The van der Waals surface area contributed by atoms with E-state index in [9.17, 15) is 0 Å². The third kappa shape index (κ3) is 1.93. The van der Waals surface area contributed by atoms with Crippen molar-refractivity contribution in [1.29, 1.82) is 0 Å². The van der Waals surface area contributed by atoms with Crippen molar-refractivity contribution in [3.63, 3.8) is 0 Å². The predicted molar refractivity (Wildman–Crippen MR) is 37.5 cm³/mol. The van der Waals surface area contributed by atoms with Crippen molar-refractivity contribution in [2.45, 2.75) is 31.0 Å². The van der Waals surface area contributed by atoms with E-state index >= 15 is 0 Å². The molecular weight excluding hydrogens is 114 g/mol. The molecule has 3 nitrogen and oxygen atoms in total. The summed E-state index contributed by atoms with van der Waals surface area (Å²) in [4.78, 5) is 0. The molecular formula is C6H14N3. The van der Waals surface area contributed by atoms with Crippen LogP contribution in [0.2, 0.25) is 0 Å². The minimum Gasteiger partial charge on any atom is -0.328 e. The van der Waals surface area contributed by atoms with Crippen molar-refractivity contribution >= 4 is 0 Å². The van der Waals surface area contributed by atoms with Gasteiger partial charge >= 0.3 is 0 Å². The second-order valence-electron chi connectivity index (χ2n) is 2.75. The Labute approximate surface area is 55.6 Å². The van der Waals surface area contributed by atoms with E-state index in [4.69, 9.17) is 17.2 Å². The first kappa shape index (κ1) is 6.99. The summed E-state index contributed by atoms with van der Waals surface area (Å²) in [5.74, 6) is 0. The molecule has 3 heteroatoms. The average Bonchev–Trinajstić information content (AvgIpc) is 1.59. The molecule has 9 heavy (non-hydrogen) atoms. The Hall–Kier alpha value is -0.120. The minimum absolute atomic E-state index is 0.115. The predicted octanol–water partition coefficient (Wildman–Crippen LogP) is -1.03. The summed E-state index contributed by atoms with van der Waals surface area (Å²) < 4.78 is 0. The van der Waals surface area contributed by atoms with E-state index in [-0.39, 0.29) is 18.1 Å².